The maximum absolute atomic E-state index is 12.2. The first-order valence-corrected chi connectivity index (χ1v) is 8.47. The quantitative estimate of drug-likeness (QED) is 0.669. The summed E-state index contributed by atoms with van der Waals surface area (Å²) in [7, 11) is 0. The van der Waals surface area contributed by atoms with E-state index in [9.17, 15) is 9.18 Å². The van der Waals surface area contributed by atoms with Gasteiger partial charge in [0.25, 0.3) is 0 Å². The summed E-state index contributed by atoms with van der Waals surface area (Å²) < 4.78 is 17.4. The van der Waals surface area contributed by atoms with Crippen LogP contribution in [0.15, 0.2) is 4.52 Å². The molecule has 134 valence electrons. The molecule has 3 rings (SSSR count). The van der Waals surface area contributed by atoms with E-state index in [-0.39, 0.29) is 18.6 Å². The summed E-state index contributed by atoms with van der Waals surface area (Å²) >= 11 is 0. The molecular weight excluding hydrogens is 317 g/mol. The summed E-state index contributed by atoms with van der Waals surface area (Å²) in [6.45, 7) is 1.27. The fourth-order valence-corrected chi connectivity index (χ4v) is 2.85. The zero-order chi connectivity index (χ0) is 16.9. The van der Waals surface area contributed by atoms with E-state index in [0.29, 0.717) is 24.8 Å². The molecule has 1 aliphatic heterocycles. The van der Waals surface area contributed by atoms with Gasteiger partial charge in [-0.2, -0.15) is 4.98 Å². The van der Waals surface area contributed by atoms with E-state index in [1.807, 2.05) is 0 Å². The molecule has 9 heteroatoms. The predicted molar refractivity (Wildman–Crippen MR) is 83.1 cm³/mol. The molecule has 2 unspecified atom stereocenters. The number of aromatic nitrogens is 2. The average molecular weight is 341 g/mol. The van der Waals surface area contributed by atoms with Gasteiger partial charge in [0.2, 0.25) is 5.89 Å². The van der Waals surface area contributed by atoms with Crippen molar-refractivity contribution in [2.24, 2.45) is 0 Å². The zero-order valence-electron chi connectivity index (χ0n) is 13.6. The molecule has 0 aromatic carbocycles. The molecular formula is C15H24FN5O3. The Labute approximate surface area is 139 Å². The summed E-state index contributed by atoms with van der Waals surface area (Å²) in [5.41, 5.74) is 0. The van der Waals surface area contributed by atoms with Gasteiger partial charge in [0.1, 0.15) is 6.67 Å². The number of rotatable bonds is 7. The number of nitrogens with one attached hydrogen (secondary N) is 2. The van der Waals surface area contributed by atoms with Crippen LogP contribution in [0.5, 0.6) is 0 Å². The molecule has 2 atom stereocenters. The summed E-state index contributed by atoms with van der Waals surface area (Å²) in [4.78, 5) is 18.4. The Kier molecular flexibility index (Phi) is 5.62. The van der Waals surface area contributed by atoms with Crippen molar-refractivity contribution in [2.45, 2.75) is 50.3 Å². The molecule has 2 fully saturated rings. The van der Waals surface area contributed by atoms with Gasteiger partial charge >= 0.3 is 6.03 Å². The number of halogens is 1. The third-order valence-electron chi connectivity index (χ3n) is 4.29. The van der Waals surface area contributed by atoms with Gasteiger partial charge in [0.05, 0.1) is 12.6 Å². The molecule has 1 saturated carbocycles. The Hall–Kier alpha value is -1.74. The van der Waals surface area contributed by atoms with Crippen LogP contribution in [-0.4, -0.2) is 64.6 Å². The highest BCUT2D eigenvalue weighted by Crippen LogP contribution is 2.38. The van der Waals surface area contributed by atoms with Gasteiger partial charge in [-0.3, -0.25) is 4.90 Å². The smallest absolute Gasteiger partial charge is 0.315 e. The van der Waals surface area contributed by atoms with Crippen LogP contribution in [0.1, 0.15) is 43.3 Å². The molecule has 3 N–H and O–H groups in total. The second kappa shape index (κ2) is 7.89. The number of carbonyl (C=O) groups is 1. The first-order valence-electron chi connectivity index (χ1n) is 8.47. The Morgan fingerprint density at radius 3 is 3.04 bits per heavy atom. The van der Waals surface area contributed by atoms with E-state index in [1.165, 1.54) is 0 Å². The lowest BCUT2D eigenvalue weighted by molar-refractivity contribution is 0.137. The first kappa shape index (κ1) is 17.1. The maximum Gasteiger partial charge on any atom is 0.315 e. The lowest BCUT2D eigenvalue weighted by Gasteiger charge is -2.32. The fourth-order valence-electron chi connectivity index (χ4n) is 2.85. The summed E-state index contributed by atoms with van der Waals surface area (Å²) in [6.07, 6.45) is 2.95. The van der Waals surface area contributed by atoms with E-state index in [4.69, 9.17) is 9.63 Å². The number of hydrogen-bond acceptors (Lipinski definition) is 6. The molecule has 0 bridgehead atoms. The van der Waals surface area contributed by atoms with Crippen molar-refractivity contribution >= 4 is 6.03 Å². The SMILES string of the molecule is O=C(NCC(O)CF)NC1CCCN(Cc2noc(C3CC3)n2)C1. The van der Waals surface area contributed by atoms with Crippen LogP contribution >= 0.6 is 0 Å². The first-order chi connectivity index (χ1) is 11.6. The van der Waals surface area contributed by atoms with Crippen LogP contribution in [0.4, 0.5) is 9.18 Å². The topological polar surface area (TPSA) is 104 Å². The molecule has 24 heavy (non-hydrogen) atoms. The summed E-state index contributed by atoms with van der Waals surface area (Å²) in [5.74, 6) is 1.88. The predicted octanol–water partition coefficient (Wildman–Crippen LogP) is 0.541. The lowest BCUT2D eigenvalue weighted by Crippen LogP contribution is -2.51. The van der Waals surface area contributed by atoms with Crippen LogP contribution in [0.2, 0.25) is 0 Å². The van der Waals surface area contributed by atoms with Crippen LogP contribution in [0.3, 0.4) is 0 Å². The van der Waals surface area contributed by atoms with Crippen molar-refractivity contribution in [2.75, 3.05) is 26.3 Å². The number of aliphatic hydroxyl groups excluding tert-OH is 1. The van der Waals surface area contributed by atoms with Crippen LogP contribution in [-0.2, 0) is 6.54 Å². The van der Waals surface area contributed by atoms with Crippen molar-refractivity contribution < 1.29 is 18.8 Å². The van der Waals surface area contributed by atoms with E-state index in [0.717, 1.165) is 38.1 Å². The summed E-state index contributed by atoms with van der Waals surface area (Å²) in [5, 5.41) is 18.5. The van der Waals surface area contributed by atoms with Gasteiger partial charge in [-0.05, 0) is 32.2 Å². The number of nitrogens with zero attached hydrogens (tertiary/aromatic N) is 3. The molecule has 1 saturated heterocycles. The lowest BCUT2D eigenvalue weighted by atomic mass is 10.1. The largest absolute Gasteiger partial charge is 0.389 e. The van der Waals surface area contributed by atoms with Gasteiger partial charge in [0, 0.05) is 25.0 Å². The van der Waals surface area contributed by atoms with E-state index in [1.54, 1.807) is 0 Å². The second-order valence-electron chi connectivity index (χ2n) is 6.56. The average Bonchev–Trinajstić information content (AvgIpc) is 3.33. The maximum atomic E-state index is 12.2. The zero-order valence-corrected chi connectivity index (χ0v) is 13.6. The molecule has 2 amide bonds. The second-order valence-corrected chi connectivity index (χ2v) is 6.56. The van der Waals surface area contributed by atoms with E-state index >= 15 is 0 Å². The van der Waals surface area contributed by atoms with E-state index < -0.39 is 12.8 Å². The number of piperidine rings is 1. The number of alkyl halides is 1. The number of amides is 2. The molecule has 2 heterocycles. The number of likely N-dealkylation sites (tertiary alicyclic amines) is 1. The standard InChI is InChI=1S/C15H24FN5O3/c16-6-12(22)7-17-15(23)18-11-2-1-5-21(8-11)9-13-19-14(24-20-13)10-3-4-10/h10-12,22H,1-9H2,(H2,17,18,23). The van der Waals surface area contributed by atoms with Crippen molar-refractivity contribution in [1.82, 2.24) is 25.7 Å². The minimum absolute atomic E-state index is 0.0103. The van der Waals surface area contributed by atoms with Crippen LogP contribution in [0, 0.1) is 0 Å². The Morgan fingerprint density at radius 1 is 1.46 bits per heavy atom. The minimum atomic E-state index is -1.16. The Morgan fingerprint density at radius 2 is 2.29 bits per heavy atom. The number of carbonyl (C=O) groups excluding carboxylic acids is 1. The molecule has 8 nitrogen and oxygen atoms in total. The number of aliphatic hydroxyl groups is 1. The van der Waals surface area contributed by atoms with Crippen molar-refractivity contribution in [3.8, 4) is 0 Å². The fraction of sp³-hybridized carbons (Fsp3) is 0.800. The third-order valence-corrected chi connectivity index (χ3v) is 4.29. The molecule has 0 radical (unpaired) electrons. The number of hydrogen-bond donors (Lipinski definition) is 3. The van der Waals surface area contributed by atoms with E-state index in [2.05, 4.69) is 25.7 Å². The molecule has 1 aromatic rings. The molecule has 0 spiro atoms. The molecule has 2 aliphatic rings. The summed E-state index contributed by atoms with van der Waals surface area (Å²) in [6, 6.07) is -0.374. The third kappa shape index (κ3) is 4.88. The van der Waals surface area contributed by atoms with Gasteiger partial charge in [0.15, 0.2) is 5.82 Å². The van der Waals surface area contributed by atoms with Crippen molar-refractivity contribution in [3.05, 3.63) is 11.7 Å². The van der Waals surface area contributed by atoms with Gasteiger partial charge in [-0.15, -0.1) is 0 Å². The highest BCUT2D eigenvalue weighted by Gasteiger charge is 2.30. The molecule has 1 aromatic heterocycles. The van der Waals surface area contributed by atoms with Crippen molar-refractivity contribution in [3.63, 3.8) is 0 Å². The highest BCUT2D eigenvalue weighted by molar-refractivity contribution is 5.74. The van der Waals surface area contributed by atoms with Gasteiger partial charge in [-0.1, -0.05) is 5.16 Å². The monoisotopic (exact) mass is 341 g/mol. The Balaban J connectivity index is 1.42. The normalized spacial score (nSPS) is 23.0. The van der Waals surface area contributed by atoms with Crippen LogP contribution in [0.25, 0.3) is 0 Å². The van der Waals surface area contributed by atoms with Crippen LogP contribution < -0.4 is 10.6 Å². The van der Waals surface area contributed by atoms with Gasteiger partial charge in [-0.25, -0.2) is 9.18 Å². The highest BCUT2D eigenvalue weighted by atomic mass is 19.1. The van der Waals surface area contributed by atoms with Crippen molar-refractivity contribution in [1.29, 1.82) is 0 Å². The minimum Gasteiger partial charge on any atom is -0.389 e. The number of urea groups is 1. The Bertz CT molecular complexity index is 551. The van der Waals surface area contributed by atoms with Gasteiger partial charge < -0.3 is 20.3 Å². The molecule has 1 aliphatic carbocycles.